The summed E-state index contributed by atoms with van der Waals surface area (Å²) in [5, 5.41) is 17.6. The van der Waals surface area contributed by atoms with Crippen molar-refractivity contribution >= 4 is 35.6 Å². The number of halogens is 1. The fraction of sp³-hybridized carbons (Fsp3) is 0.650. The third-order valence-electron chi connectivity index (χ3n) is 5.39. The number of guanidine groups is 1. The zero-order valence-electron chi connectivity index (χ0n) is 17.6. The lowest BCUT2D eigenvalue weighted by atomic mass is 9.92. The van der Waals surface area contributed by atoms with E-state index < -0.39 is 0 Å². The highest BCUT2D eigenvalue weighted by atomic mass is 127. The standard InChI is InChI=1S/C20H33N5O3.HI/c1-4-17(5-2)19(24-9-11-28-12-10-24)15-23-20(21-3)22-14-16-7-6-8-18(13-16)25(26)27;/h6-8,13,17,19H,4-5,9-12,14-15H2,1-3H3,(H2,21,22,23);1H. The maximum atomic E-state index is 10.9. The Kier molecular flexibility index (Phi) is 12.1. The molecule has 1 aromatic carbocycles. The predicted molar refractivity (Wildman–Crippen MR) is 127 cm³/mol. The zero-order chi connectivity index (χ0) is 20.4. The minimum absolute atomic E-state index is 0. The molecule has 0 spiro atoms. The van der Waals surface area contributed by atoms with Crippen LogP contribution in [-0.2, 0) is 11.3 Å². The van der Waals surface area contributed by atoms with Gasteiger partial charge in [0.05, 0.1) is 18.1 Å². The lowest BCUT2D eigenvalue weighted by Crippen LogP contribution is -2.53. The minimum Gasteiger partial charge on any atom is -0.379 e. The van der Waals surface area contributed by atoms with E-state index >= 15 is 0 Å². The Hall–Kier alpha value is -1.46. The summed E-state index contributed by atoms with van der Waals surface area (Å²) in [5.74, 6) is 1.32. The topological polar surface area (TPSA) is 92.0 Å². The van der Waals surface area contributed by atoms with Gasteiger partial charge in [-0.1, -0.05) is 38.8 Å². The molecule has 8 nitrogen and oxygen atoms in total. The molecule has 29 heavy (non-hydrogen) atoms. The van der Waals surface area contributed by atoms with Gasteiger partial charge in [-0.25, -0.2) is 0 Å². The van der Waals surface area contributed by atoms with Gasteiger partial charge in [-0.05, 0) is 11.5 Å². The van der Waals surface area contributed by atoms with Crippen LogP contribution in [-0.4, -0.2) is 61.7 Å². The van der Waals surface area contributed by atoms with Gasteiger partial charge >= 0.3 is 0 Å². The lowest BCUT2D eigenvalue weighted by Gasteiger charge is -2.39. The predicted octanol–water partition coefficient (Wildman–Crippen LogP) is 3.01. The molecule has 0 amide bonds. The fourth-order valence-electron chi connectivity index (χ4n) is 3.72. The molecule has 2 N–H and O–H groups in total. The van der Waals surface area contributed by atoms with Crippen LogP contribution in [0.5, 0.6) is 0 Å². The summed E-state index contributed by atoms with van der Waals surface area (Å²) in [4.78, 5) is 17.4. The van der Waals surface area contributed by atoms with Gasteiger partial charge in [0.1, 0.15) is 0 Å². The van der Waals surface area contributed by atoms with Crippen LogP contribution >= 0.6 is 24.0 Å². The summed E-state index contributed by atoms with van der Waals surface area (Å²) in [6, 6.07) is 7.08. The van der Waals surface area contributed by atoms with Crippen LogP contribution in [0.1, 0.15) is 32.3 Å². The SMILES string of the molecule is CCC(CC)C(CNC(=NC)NCc1cccc([N+](=O)[O-])c1)N1CCOCC1.I. The number of nitrogens with one attached hydrogen (secondary N) is 2. The van der Waals surface area contributed by atoms with E-state index in [9.17, 15) is 10.1 Å². The molecule has 1 atom stereocenters. The van der Waals surface area contributed by atoms with Crippen LogP contribution < -0.4 is 10.6 Å². The maximum absolute atomic E-state index is 10.9. The van der Waals surface area contributed by atoms with Crippen LogP contribution in [0.2, 0.25) is 0 Å². The van der Waals surface area contributed by atoms with Gasteiger partial charge in [0, 0.05) is 51.4 Å². The van der Waals surface area contributed by atoms with E-state index in [-0.39, 0.29) is 34.6 Å². The summed E-state index contributed by atoms with van der Waals surface area (Å²) in [5.41, 5.74) is 0.949. The Morgan fingerprint density at radius 1 is 1.28 bits per heavy atom. The van der Waals surface area contributed by atoms with Crippen molar-refractivity contribution in [2.45, 2.75) is 39.3 Å². The third-order valence-corrected chi connectivity index (χ3v) is 5.39. The van der Waals surface area contributed by atoms with E-state index in [0.717, 1.165) is 51.3 Å². The number of benzene rings is 1. The first-order chi connectivity index (χ1) is 13.6. The monoisotopic (exact) mass is 519 g/mol. The molecular formula is C20H34IN5O3. The molecule has 1 unspecified atom stereocenters. The Bertz CT molecular complexity index is 649. The number of hydrogen-bond acceptors (Lipinski definition) is 5. The van der Waals surface area contributed by atoms with E-state index in [0.29, 0.717) is 24.5 Å². The smallest absolute Gasteiger partial charge is 0.269 e. The molecule has 2 rings (SSSR count). The summed E-state index contributed by atoms with van der Waals surface area (Å²) >= 11 is 0. The van der Waals surface area contributed by atoms with Crippen molar-refractivity contribution in [2.24, 2.45) is 10.9 Å². The largest absolute Gasteiger partial charge is 0.379 e. The molecule has 1 aliphatic heterocycles. The number of aliphatic imine (C=N–C) groups is 1. The van der Waals surface area contributed by atoms with Gasteiger partial charge in [0.15, 0.2) is 5.96 Å². The van der Waals surface area contributed by atoms with Crippen molar-refractivity contribution in [3.63, 3.8) is 0 Å². The number of rotatable bonds is 9. The van der Waals surface area contributed by atoms with Gasteiger partial charge in [0.2, 0.25) is 0 Å². The Balaban J connectivity index is 0.00000420. The molecule has 0 saturated carbocycles. The summed E-state index contributed by atoms with van der Waals surface area (Å²) in [6.07, 6.45) is 2.28. The Morgan fingerprint density at radius 2 is 1.97 bits per heavy atom. The van der Waals surface area contributed by atoms with Crippen LogP contribution in [0.3, 0.4) is 0 Å². The molecule has 1 fully saturated rings. The molecule has 1 heterocycles. The Morgan fingerprint density at radius 3 is 2.55 bits per heavy atom. The number of morpholine rings is 1. The fourth-order valence-corrected chi connectivity index (χ4v) is 3.72. The van der Waals surface area contributed by atoms with E-state index in [1.165, 1.54) is 6.07 Å². The van der Waals surface area contributed by atoms with Gasteiger partial charge in [0.25, 0.3) is 5.69 Å². The van der Waals surface area contributed by atoms with Crippen molar-refractivity contribution in [3.05, 3.63) is 39.9 Å². The molecule has 0 bridgehead atoms. The second kappa shape index (κ2) is 13.7. The average molecular weight is 519 g/mol. The highest BCUT2D eigenvalue weighted by Crippen LogP contribution is 2.19. The molecule has 164 valence electrons. The van der Waals surface area contributed by atoms with Crippen LogP contribution in [0, 0.1) is 16.0 Å². The van der Waals surface area contributed by atoms with Crippen LogP contribution in [0.4, 0.5) is 5.69 Å². The van der Waals surface area contributed by atoms with Gasteiger partial charge in [-0.15, -0.1) is 24.0 Å². The van der Waals surface area contributed by atoms with Crippen molar-refractivity contribution in [1.29, 1.82) is 0 Å². The highest BCUT2D eigenvalue weighted by Gasteiger charge is 2.27. The minimum atomic E-state index is -0.376. The molecule has 0 aromatic heterocycles. The lowest BCUT2D eigenvalue weighted by molar-refractivity contribution is -0.384. The van der Waals surface area contributed by atoms with Gasteiger partial charge in [-0.2, -0.15) is 0 Å². The normalized spacial score (nSPS) is 16.2. The second-order valence-electron chi connectivity index (χ2n) is 7.03. The van der Waals surface area contributed by atoms with Crippen molar-refractivity contribution in [3.8, 4) is 0 Å². The number of non-ortho nitro benzene ring substituents is 1. The molecule has 0 radical (unpaired) electrons. The third kappa shape index (κ3) is 8.06. The first-order valence-corrected chi connectivity index (χ1v) is 10.1. The molecule has 1 saturated heterocycles. The maximum Gasteiger partial charge on any atom is 0.269 e. The molecule has 1 aromatic rings. The number of ether oxygens (including phenoxy) is 1. The number of hydrogen-bond donors (Lipinski definition) is 2. The summed E-state index contributed by atoms with van der Waals surface area (Å²) in [6.45, 7) is 9.28. The molecular weight excluding hydrogens is 485 g/mol. The Labute approximate surface area is 190 Å². The van der Waals surface area contributed by atoms with Gasteiger partial charge < -0.3 is 15.4 Å². The van der Waals surface area contributed by atoms with E-state index in [4.69, 9.17) is 4.74 Å². The second-order valence-corrected chi connectivity index (χ2v) is 7.03. The van der Waals surface area contributed by atoms with Crippen molar-refractivity contribution in [1.82, 2.24) is 15.5 Å². The summed E-state index contributed by atoms with van der Waals surface area (Å²) < 4.78 is 5.51. The van der Waals surface area contributed by atoms with E-state index in [1.807, 2.05) is 6.07 Å². The van der Waals surface area contributed by atoms with Gasteiger partial charge in [-0.3, -0.25) is 20.0 Å². The van der Waals surface area contributed by atoms with E-state index in [1.54, 1.807) is 19.2 Å². The average Bonchev–Trinajstić information content (AvgIpc) is 2.74. The van der Waals surface area contributed by atoms with Crippen molar-refractivity contribution < 1.29 is 9.66 Å². The summed E-state index contributed by atoms with van der Waals surface area (Å²) in [7, 11) is 1.74. The van der Waals surface area contributed by atoms with Crippen molar-refractivity contribution in [2.75, 3.05) is 39.9 Å². The quantitative estimate of drug-likeness (QED) is 0.171. The molecule has 1 aliphatic rings. The molecule has 9 heteroatoms. The number of nitrogens with zero attached hydrogens (tertiary/aromatic N) is 3. The number of nitro groups is 1. The zero-order valence-corrected chi connectivity index (χ0v) is 19.9. The first kappa shape index (κ1) is 25.6. The van der Waals surface area contributed by atoms with Crippen LogP contribution in [0.15, 0.2) is 29.3 Å². The van der Waals surface area contributed by atoms with E-state index in [2.05, 4.69) is 34.4 Å². The highest BCUT2D eigenvalue weighted by molar-refractivity contribution is 14.0. The number of nitro benzene ring substituents is 1. The molecule has 0 aliphatic carbocycles. The first-order valence-electron chi connectivity index (χ1n) is 10.1. The van der Waals surface area contributed by atoms with Crippen LogP contribution in [0.25, 0.3) is 0 Å².